The maximum atomic E-state index is 13.4. The van der Waals surface area contributed by atoms with Crippen molar-refractivity contribution in [3.8, 4) is 11.5 Å². The van der Waals surface area contributed by atoms with Crippen LogP contribution >= 0.6 is 15.9 Å². The lowest BCUT2D eigenvalue weighted by atomic mass is 10.2. The summed E-state index contributed by atoms with van der Waals surface area (Å²) in [6.45, 7) is 0.606. The van der Waals surface area contributed by atoms with Crippen LogP contribution in [0.4, 0.5) is 4.39 Å². The molecule has 0 bridgehead atoms. The number of hydrogen-bond donors (Lipinski definition) is 1. The Balaban J connectivity index is 2.20. The Morgan fingerprint density at radius 3 is 2.50 bits per heavy atom. The van der Waals surface area contributed by atoms with E-state index >= 15 is 0 Å². The summed E-state index contributed by atoms with van der Waals surface area (Å²) in [6, 6.07) is 12.1. The lowest BCUT2D eigenvalue weighted by Gasteiger charge is -2.08. The molecule has 0 fully saturated rings. The highest BCUT2D eigenvalue weighted by molar-refractivity contribution is 9.10. The third-order valence-electron chi connectivity index (χ3n) is 2.36. The van der Waals surface area contributed by atoms with Crippen molar-refractivity contribution >= 4 is 15.9 Å². The minimum atomic E-state index is -0.296. The zero-order valence-corrected chi connectivity index (χ0v) is 11.5. The van der Waals surface area contributed by atoms with E-state index in [9.17, 15) is 4.39 Å². The molecule has 0 spiro atoms. The number of halogens is 2. The van der Waals surface area contributed by atoms with Crippen molar-refractivity contribution in [2.75, 3.05) is 7.05 Å². The van der Waals surface area contributed by atoms with Crippen LogP contribution in [0.5, 0.6) is 11.5 Å². The molecule has 0 aromatic heterocycles. The van der Waals surface area contributed by atoms with Crippen molar-refractivity contribution in [3.05, 3.63) is 58.3 Å². The van der Waals surface area contributed by atoms with Crippen LogP contribution in [0.1, 0.15) is 5.56 Å². The first-order valence-corrected chi connectivity index (χ1v) is 6.34. The first-order valence-electron chi connectivity index (χ1n) is 5.55. The van der Waals surface area contributed by atoms with Gasteiger partial charge in [-0.15, -0.1) is 0 Å². The minimum absolute atomic E-state index is 0.296. The van der Waals surface area contributed by atoms with E-state index in [0.717, 1.165) is 10.0 Å². The van der Waals surface area contributed by atoms with Crippen molar-refractivity contribution in [1.29, 1.82) is 0 Å². The number of ether oxygens (including phenoxy) is 1. The zero-order valence-electron chi connectivity index (χ0n) is 9.91. The van der Waals surface area contributed by atoms with E-state index in [1.54, 1.807) is 0 Å². The molecular formula is C14H13BrFNO. The van der Waals surface area contributed by atoms with Gasteiger partial charge in [-0.25, -0.2) is 4.39 Å². The highest BCUT2D eigenvalue weighted by Gasteiger charge is 2.03. The Labute approximate surface area is 114 Å². The second-order valence-electron chi connectivity index (χ2n) is 3.88. The van der Waals surface area contributed by atoms with Gasteiger partial charge in [0.2, 0.25) is 0 Å². The molecule has 0 saturated heterocycles. The molecule has 1 N–H and O–H groups in total. The number of rotatable bonds is 4. The second kappa shape index (κ2) is 5.98. The van der Waals surface area contributed by atoms with E-state index in [4.69, 9.17) is 4.74 Å². The van der Waals surface area contributed by atoms with Crippen molar-refractivity contribution in [3.63, 3.8) is 0 Å². The van der Waals surface area contributed by atoms with Gasteiger partial charge in [-0.3, -0.25) is 0 Å². The fourth-order valence-corrected chi connectivity index (χ4v) is 1.89. The molecule has 0 atom stereocenters. The van der Waals surface area contributed by atoms with Gasteiger partial charge in [-0.2, -0.15) is 0 Å². The molecule has 0 aliphatic rings. The van der Waals surface area contributed by atoms with E-state index in [1.807, 2.05) is 37.4 Å². The summed E-state index contributed by atoms with van der Waals surface area (Å²) in [6.07, 6.45) is 0. The maximum absolute atomic E-state index is 13.4. The Morgan fingerprint density at radius 1 is 1.11 bits per heavy atom. The lowest BCUT2D eigenvalue weighted by Crippen LogP contribution is -2.05. The third kappa shape index (κ3) is 3.55. The summed E-state index contributed by atoms with van der Waals surface area (Å²) in [7, 11) is 1.82. The smallest absolute Gasteiger partial charge is 0.130 e. The summed E-state index contributed by atoms with van der Waals surface area (Å²) < 4.78 is 20.0. The fraction of sp³-hybridized carbons (Fsp3) is 0.143. The van der Waals surface area contributed by atoms with Gasteiger partial charge in [0.05, 0.1) is 0 Å². The van der Waals surface area contributed by atoms with Crippen LogP contribution in [0.15, 0.2) is 46.9 Å². The summed E-state index contributed by atoms with van der Waals surface area (Å²) in [5.41, 5.74) is 0.851. The third-order valence-corrected chi connectivity index (χ3v) is 2.89. The van der Waals surface area contributed by atoms with Gasteiger partial charge in [0.25, 0.3) is 0 Å². The number of hydrogen-bond acceptors (Lipinski definition) is 2. The topological polar surface area (TPSA) is 21.3 Å². The molecule has 0 aliphatic carbocycles. The molecule has 0 aliphatic heterocycles. The molecular weight excluding hydrogens is 297 g/mol. The van der Waals surface area contributed by atoms with Crippen molar-refractivity contribution < 1.29 is 9.13 Å². The van der Waals surface area contributed by atoms with Gasteiger partial charge in [0.1, 0.15) is 17.3 Å². The van der Waals surface area contributed by atoms with Gasteiger partial charge < -0.3 is 10.1 Å². The molecule has 94 valence electrons. The average Bonchev–Trinajstić information content (AvgIpc) is 2.32. The Morgan fingerprint density at radius 2 is 1.83 bits per heavy atom. The summed E-state index contributed by atoms with van der Waals surface area (Å²) in [5.74, 6) is 0.886. The molecule has 2 aromatic rings. The van der Waals surface area contributed by atoms with Crippen LogP contribution in [-0.2, 0) is 6.54 Å². The SMILES string of the molecule is CNCc1cc(F)cc(Oc2ccc(Br)cc2)c1. The molecule has 18 heavy (non-hydrogen) atoms. The molecule has 2 rings (SSSR count). The highest BCUT2D eigenvalue weighted by atomic mass is 79.9. The maximum Gasteiger partial charge on any atom is 0.130 e. The molecule has 4 heteroatoms. The van der Waals surface area contributed by atoms with E-state index in [0.29, 0.717) is 18.0 Å². The fourth-order valence-electron chi connectivity index (χ4n) is 1.62. The van der Waals surface area contributed by atoms with Crippen LogP contribution in [0.2, 0.25) is 0 Å². The van der Waals surface area contributed by atoms with Gasteiger partial charge in [-0.1, -0.05) is 15.9 Å². The van der Waals surface area contributed by atoms with Crippen molar-refractivity contribution in [1.82, 2.24) is 5.32 Å². The first kappa shape index (κ1) is 13.1. The molecule has 0 unspecified atom stereocenters. The Kier molecular flexibility index (Phi) is 4.33. The Bertz CT molecular complexity index is 528. The van der Waals surface area contributed by atoms with Gasteiger partial charge in [-0.05, 0) is 49.0 Å². The molecule has 0 saturated carbocycles. The Hall–Kier alpha value is -1.39. The zero-order chi connectivity index (χ0) is 13.0. The standard InChI is InChI=1S/C14H13BrFNO/c1-17-9-10-6-12(16)8-14(7-10)18-13-4-2-11(15)3-5-13/h2-8,17H,9H2,1H3. The van der Waals surface area contributed by atoms with E-state index in [-0.39, 0.29) is 5.82 Å². The van der Waals surface area contributed by atoms with E-state index in [2.05, 4.69) is 21.2 Å². The van der Waals surface area contributed by atoms with Crippen molar-refractivity contribution in [2.45, 2.75) is 6.54 Å². The molecule has 0 amide bonds. The second-order valence-corrected chi connectivity index (χ2v) is 4.80. The van der Waals surface area contributed by atoms with Crippen molar-refractivity contribution in [2.24, 2.45) is 0 Å². The molecule has 2 aromatic carbocycles. The molecule has 2 nitrogen and oxygen atoms in total. The predicted molar refractivity (Wildman–Crippen MR) is 73.4 cm³/mol. The quantitative estimate of drug-likeness (QED) is 0.918. The van der Waals surface area contributed by atoms with Crippen LogP contribution in [0.3, 0.4) is 0 Å². The predicted octanol–water partition coefficient (Wildman–Crippen LogP) is 4.10. The monoisotopic (exact) mass is 309 g/mol. The molecule has 0 heterocycles. The summed E-state index contributed by atoms with van der Waals surface area (Å²) in [4.78, 5) is 0. The summed E-state index contributed by atoms with van der Waals surface area (Å²) >= 11 is 3.35. The number of benzene rings is 2. The first-order chi connectivity index (χ1) is 8.67. The normalized spacial score (nSPS) is 10.4. The largest absolute Gasteiger partial charge is 0.457 e. The van der Waals surface area contributed by atoms with Crippen LogP contribution in [-0.4, -0.2) is 7.05 Å². The van der Waals surface area contributed by atoms with E-state index < -0.39 is 0 Å². The number of nitrogens with one attached hydrogen (secondary N) is 1. The molecule has 0 radical (unpaired) electrons. The van der Waals surface area contributed by atoms with Gasteiger partial charge >= 0.3 is 0 Å². The lowest BCUT2D eigenvalue weighted by molar-refractivity contribution is 0.475. The van der Waals surface area contributed by atoms with E-state index in [1.165, 1.54) is 12.1 Å². The van der Waals surface area contributed by atoms with Gasteiger partial charge in [0, 0.05) is 17.1 Å². The van der Waals surface area contributed by atoms with Crippen LogP contribution in [0, 0.1) is 5.82 Å². The van der Waals surface area contributed by atoms with Crippen LogP contribution < -0.4 is 10.1 Å². The van der Waals surface area contributed by atoms with Gasteiger partial charge in [0.15, 0.2) is 0 Å². The average molecular weight is 310 g/mol. The summed E-state index contributed by atoms with van der Waals surface area (Å²) in [5, 5.41) is 2.98. The minimum Gasteiger partial charge on any atom is -0.457 e. The van der Waals surface area contributed by atoms with Crippen LogP contribution in [0.25, 0.3) is 0 Å². The highest BCUT2D eigenvalue weighted by Crippen LogP contribution is 2.25.